The van der Waals surface area contributed by atoms with Crippen LogP contribution in [0.3, 0.4) is 0 Å². The molecule has 0 aliphatic heterocycles. The van der Waals surface area contributed by atoms with Gasteiger partial charge in [0.1, 0.15) is 5.75 Å². The summed E-state index contributed by atoms with van der Waals surface area (Å²) in [6.07, 6.45) is 5.69. The Balaban J connectivity index is 1.95. The SMILES string of the molecule is COc1ccc(C(CI)OC2CCC(C)CC2)cc1. The molecule has 0 bridgehead atoms. The van der Waals surface area contributed by atoms with Gasteiger partial charge in [-0.05, 0) is 49.3 Å². The molecule has 2 nitrogen and oxygen atoms in total. The molecular formula is C16H23IO2. The van der Waals surface area contributed by atoms with Crippen molar-refractivity contribution in [1.82, 2.24) is 0 Å². The zero-order valence-corrected chi connectivity index (χ0v) is 13.9. The van der Waals surface area contributed by atoms with E-state index in [9.17, 15) is 0 Å². The Bertz CT molecular complexity index is 369. The summed E-state index contributed by atoms with van der Waals surface area (Å²) in [5.74, 6) is 1.78. The zero-order valence-electron chi connectivity index (χ0n) is 11.8. The zero-order chi connectivity index (χ0) is 13.7. The molecule has 0 radical (unpaired) electrons. The Morgan fingerprint density at radius 2 is 1.79 bits per heavy atom. The predicted molar refractivity (Wildman–Crippen MR) is 87.1 cm³/mol. The van der Waals surface area contributed by atoms with Crippen LogP contribution in [0.5, 0.6) is 5.75 Å². The summed E-state index contributed by atoms with van der Waals surface area (Å²) in [5, 5.41) is 0. The molecule has 1 fully saturated rings. The van der Waals surface area contributed by atoms with Gasteiger partial charge in [0.15, 0.2) is 0 Å². The lowest BCUT2D eigenvalue weighted by molar-refractivity contribution is -0.0248. The average Bonchev–Trinajstić information content (AvgIpc) is 2.47. The van der Waals surface area contributed by atoms with Crippen LogP contribution in [-0.2, 0) is 4.74 Å². The van der Waals surface area contributed by atoms with Crippen LogP contribution in [0.4, 0.5) is 0 Å². The summed E-state index contributed by atoms with van der Waals surface area (Å²) in [5.41, 5.74) is 1.26. The second-order valence-corrected chi connectivity index (χ2v) is 6.31. The van der Waals surface area contributed by atoms with Crippen molar-refractivity contribution in [3.05, 3.63) is 29.8 Å². The van der Waals surface area contributed by atoms with E-state index >= 15 is 0 Å². The van der Waals surface area contributed by atoms with Crippen LogP contribution in [0, 0.1) is 5.92 Å². The van der Waals surface area contributed by atoms with Gasteiger partial charge < -0.3 is 9.47 Å². The molecule has 0 N–H and O–H groups in total. The first kappa shape index (κ1) is 15.1. The highest BCUT2D eigenvalue weighted by Crippen LogP contribution is 2.31. The molecule has 106 valence electrons. The van der Waals surface area contributed by atoms with Gasteiger partial charge in [0.25, 0.3) is 0 Å². The number of hydrogen-bond donors (Lipinski definition) is 0. The van der Waals surface area contributed by atoms with Crippen molar-refractivity contribution >= 4 is 22.6 Å². The lowest BCUT2D eigenvalue weighted by Gasteiger charge is -2.29. The van der Waals surface area contributed by atoms with Crippen molar-refractivity contribution in [3.8, 4) is 5.75 Å². The molecule has 1 aromatic rings. The molecular weight excluding hydrogens is 351 g/mol. The Hall–Kier alpha value is -0.290. The normalized spacial score (nSPS) is 25.0. The van der Waals surface area contributed by atoms with Gasteiger partial charge in [0.05, 0.1) is 19.3 Å². The summed E-state index contributed by atoms with van der Waals surface area (Å²) in [7, 11) is 1.70. The van der Waals surface area contributed by atoms with Gasteiger partial charge in [-0.25, -0.2) is 0 Å². The molecule has 2 rings (SSSR count). The van der Waals surface area contributed by atoms with Gasteiger partial charge in [-0.15, -0.1) is 0 Å². The molecule has 0 aromatic heterocycles. The summed E-state index contributed by atoms with van der Waals surface area (Å²) >= 11 is 2.41. The second kappa shape index (κ2) is 7.48. The molecule has 1 aromatic carbocycles. The predicted octanol–water partition coefficient (Wildman–Crippen LogP) is 4.77. The molecule has 1 unspecified atom stereocenters. The van der Waals surface area contributed by atoms with Crippen LogP contribution in [0.15, 0.2) is 24.3 Å². The highest BCUT2D eigenvalue weighted by molar-refractivity contribution is 14.1. The van der Waals surface area contributed by atoms with Crippen LogP contribution < -0.4 is 4.74 Å². The third-order valence-electron chi connectivity index (χ3n) is 3.95. The van der Waals surface area contributed by atoms with Crippen LogP contribution in [-0.4, -0.2) is 17.6 Å². The molecule has 0 heterocycles. The third kappa shape index (κ3) is 4.35. The molecule has 3 heteroatoms. The van der Waals surface area contributed by atoms with Crippen molar-refractivity contribution in [2.45, 2.75) is 44.8 Å². The van der Waals surface area contributed by atoms with E-state index in [0.29, 0.717) is 6.10 Å². The van der Waals surface area contributed by atoms with Crippen LogP contribution in [0.25, 0.3) is 0 Å². The van der Waals surface area contributed by atoms with Crippen LogP contribution in [0.2, 0.25) is 0 Å². The Labute approximate surface area is 130 Å². The molecule has 1 aliphatic rings. The maximum atomic E-state index is 6.30. The van der Waals surface area contributed by atoms with Crippen LogP contribution in [0.1, 0.15) is 44.3 Å². The quantitative estimate of drug-likeness (QED) is 0.546. The Morgan fingerprint density at radius 1 is 1.16 bits per heavy atom. The minimum atomic E-state index is 0.213. The maximum Gasteiger partial charge on any atom is 0.118 e. The first-order valence-corrected chi connectivity index (χ1v) is 8.61. The van der Waals surface area contributed by atoms with Gasteiger partial charge in [0, 0.05) is 4.43 Å². The molecule has 0 saturated heterocycles. The molecule has 19 heavy (non-hydrogen) atoms. The van der Waals surface area contributed by atoms with E-state index in [2.05, 4.69) is 41.6 Å². The smallest absolute Gasteiger partial charge is 0.118 e. The number of methoxy groups -OCH3 is 1. The van der Waals surface area contributed by atoms with Crippen molar-refractivity contribution in [3.63, 3.8) is 0 Å². The first-order valence-electron chi connectivity index (χ1n) is 7.08. The highest BCUT2D eigenvalue weighted by atomic mass is 127. The van der Waals surface area contributed by atoms with Gasteiger partial charge in [-0.3, -0.25) is 0 Å². The van der Waals surface area contributed by atoms with Crippen LogP contribution >= 0.6 is 22.6 Å². The summed E-state index contributed by atoms with van der Waals surface area (Å²) in [6, 6.07) is 8.27. The second-order valence-electron chi connectivity index (χ2n) is 5.43. The Morgan fingerprint density at radius 3 is 2.32 bits per heavy atom. The molecule has 0 spiro atoms. The first-order chi connectivity index (χ1) is 9.22. The van der Waals surface area contributed by atoms with E-state index in [4.69, 9.17) is 9.47 Å². The van der Waals surface area contributed by atoms with Gasteiger partial charge in [-0.2, -0.15) is 0 Å². The lowest BCUT2D eigenvalue weighted by Crippen LogP contribution is -2.23. The van der Waals surface area contributed by atoms with E-state index in [-0.39, 0.29) is 6.10 Å². The number of halogens is 1. The summed E-state index contributed by atoms with van der Waals surface area (Å²) < 4.78 is 12.5. The summed E-state index contributed by atoms with van der Waals surface area (Å²) in [4.78, 5) is 0. The minimum absolute atomic E-state index is 0.213. The lowest BCUT2D eigenvalue weighted by atomic mass is 9.89. The Kier molecular flexibility index (Phi) is 5.95. The fourth-order valence-electron chi connectivity index (χ4n) is 2.62. The fourth-order valence-corrected chi connectivity index (χ4v) is 3.34. The molecule has 1 atom stereocenters. The largest absolute Gasteiger partial charge is 0.497 e. The maximum absolute atomic E-state index is 6.30. The summed E-state index contributed by atoms with van der Waals surface area (Å²) in [6.45, 7) is 2.34. The van der Waals surface area contributed by atoms with Crippen molar-refractivity contribution < 1.29 is 9.47 Å². The van der Waals surface area contributed by atoms with E-state index < -0.39 is 0 Å². The highest BCUT2D eigenvalue weighted by Gasteiger charge is 2.22. The van der Waals surface area contributed by atoms with E-state index in [1.807, 2.05) is 12.1 Å². The number of hydrogen-bond acceptors (Lipinski definition) is 2. The van der Waals surface area contributed by atoms with Crippen molar-refractivity contribution in [2.24, 2.45) is 5.92 Å². The average molecular weight is 374 g/mol. The van der Waals surface area contributed by atoms with Crippen molar-refractivity contribution in [2.75, 3.05) is 11.5 Å². The number of ether oxygens (including phenoxy) is 2. The van der Waals surface area contributed by atoms with E-state index in [1.165, 1.54) is 31.2 Å². The number of rotatable bonds is 5. The molecule has 0 amide bonds. The van der Waals surface area contributed by atoms with E-state index in [0.717, 1.165) is 16.1 Å². The molecule has 1 aliphatic carbocycles. The third-order valence-corrected chi connectivity index (χ3v) is 4.75. The minimum Gasteiger partial charge on any atom is -0.497 e. The monoisotopic (exact) mass is 374 g/mol. The standard InChI is InChI=1S/C16H23IO2/c1-12-3-7-15(8-4-12)19-16(11-17)13-5-9-14(18-2)10-6-13/h5-6,9-10,12,15-16H,3-4,7-8,11H2,1-2H3. The fraction of sp³-hybridized carbons (Fsp3) is 0.625. The number of alkyl halides is 1. The molecule has 1 saturated carbocycles. The van der Waals surface area contributed by atoms with E-state index in [1.54, 1.807) is 7.11 Å². The van der Waals surface area contributed by atoms with Crippen molar-refractivity contribution in [1.29, 1.82) is 0 Å². The van der Waals surface area contributed by atoms with Gasteiger partial charge in [-0.1, -0.05) is 41.6 Å². The topological polar surface area (TPSA) is 18.5 Å². The number of benzene rings is 1. The van der Waals surface area contributed by atoms with Gasteiger partial charge >= 0.3 is 0 Å². The van der Waals surface area contributed by atoms with Gasteiger partial charge in [0.2, 0.25) is 0 Å².